The Hall–Kier alpha value is -1.41. The smallest absolute Gasteiger partial charge is 0.227 e. The van der Waals surface area contributed by atoms with E-state index in [2.05, 4.69) is 16.0 Å². The quantitative estimate of drug-likeness (QED) is 0.601. The topological polar surface area (TPSA) is 64.4 Å². The molecule has 2 heterocycles. The van der Waals surface area contributed by atoms with E-state index < -0.39 is 9.84 Å². The molecule has 8 heteroatoms. The number of nitrogens with zero attached hydrogens (tertiary/aromatic N) is 3. The van der Waals surface area contributed by atoms with Gasteiger partial charge in [-0.15, -0.1) is 0 Å². The molecule has 158 valence electrons. The lowest BCUT2D eigenvalue weighted by atomic mass is 9.99. The lowest BCUT2D eigenvalue weighted by Crippen LogP contribution is -2.24. The molecular formula is C21H28ClN3O3S. The molecule has 0 spiro atoms. The first-order valence-corrected chi connectivity index (χ1v) is 12.2. The van der Waals surface area contributed by atoms with E-state index in [1.165, 1.54) is 5.56 Å². The number of benzene rings is 1. The number of aromatic nitrogens is 2. The van der Waals surface area contributed by atoms with Crippen molar-refractivity contribution in [3.8, 4) is 0 Å². The summed E-state index contributed by atoms with van der Waals surface area (Å²) in [6, 6.07) is 8.07. The number of hydrogen-bond donors (Lipinski definition) is 0. The Kier molecular flexibility index (Phi) is 6.30. The third kappa shape index (κ3) is 5.02. The van der Waals surface area contributed by atoms with Crippen LogP contribution in [0.4, 0.5) is 0 Å². The molecule has 1 aliphatic heterocycles. The highest BCUT2D eigenvalue weighted by atomic mass is 35.5. The molecule has 0 bridgehead atoms. The molecule has 1 saturated carbocycles. The van der Waals surface area contributed by atoms with Gasteiger partial charge in [0.1, 0.15) is 0 Å². The summed E-state index contributed by atoms with van der Waals surface area (Å²) in [6.07, 6.45) is 4.80. The van der Waals surface area contributed by atoms with Crippen LogP contribution >= 0.6 is 11.6 Å². The predicted molar refractivity (Wildman–Crippen MR) is 113 cm³/mol. The maximum atomic E-state index is 12.8. The van der Waals surface area contributed by atoms with Gasteiger partial charge in [0.05, 0.1) is 24.3 Å². The van der Waals surface area contributed by atoms with Crippen LogP contribution in [0.15, 0.2) is 35.6 Å². The van der Waals surface area contributed by atoms with E-state index in [1.807, 2.05) is 22.8 Å². The Labute approximate surface area is 177 Å². The zero-order chi connectivity index (χ0) is 20.4. The third-order valence-electron chi connectivity index (χ3n) is 5.83. The summed E-state index contributed by atoms with van der Waals surface area (Å²) in [5.74, 6) is 0.951. The fraction of sp³-hybridized carbons (Fsp3) is 0.571. The van der Waals surface area contributed by atoms with Gasteiger partial charge in [-0.2, -0.15) is 0 Å². The lowest BCUT2D eigenvalue weighted by molar-refractivity contribution is 0.182. The summed E-state index contributed by atoms with van der Waals surface area (Å²) in [5, 5.41) is 0.964. The van der Waals surface area contributed by atoms with E-state index in [0.717, 1.165) is 43.1 Å². The van der Waals surface area contributed by atoms with Crippen molar-refractivity contribution in [3.63, 3.8) is 0 Å². The molecule has 1 saturated heterocycles. The zero-order valence-electron chi connectivity index (χ0n) is 16.8. The van der Waals surface area contributed by atoms with E-state index >= 15 is 0 Å². The van der Waals surface area contributed by atoms with Gasteiger partial charge in [0.2, 0.25) is 15.0 Å². The van der Waals surface area contributed by atoms with Crippen molar-refractivity contribution in [2.24, 2.45) is 5.92 Å². The largest absolute Gasteiger partial charge is 0.383 e. The molecule has 2 fully saturated rings. The van der Waals surface area contributed by atoms with Crippen molar-refractivity contribution >= 4 is 21.4 Å². The van der Waals surface area contributed by atoms with Crippen LogP contribution in [0.25, 0.3) is 0 Å². The van der Waals surface area contributed by atoms with Crippen LogP contribution in [0, 0.1) is 5.92 Å². The molecular weight excluding hydrogens is 410 g/mol. The van der Waals surface area contributed by atoms with Gasteiger partial charge in [0.25, 0.3) is 0 Å². The van der Waals surface area contributed by atoms with Crippen LogP contribution < -0.4 is 0 Å². The minimum Gasteiger partial charge on any atom is -0.383 e. The van der Waals surface area contributed by atoms with Crippen molar-refractivity contribution in [2.75, 3.05) is 32.6 Å². The van der Waals surface area contributed by atoms with Crippen molar-refractivity contribution in [1.82, 2.24) is 14.5 Å². The average molecular weight is 438 g/mol. The Morgan fingerprint density at radius 2 is 2.10 bits per heavy atom. The summed E-state index contributed by atoms with van der Waals surface area (Å²) >= 11 is 6.15. The molecule has 1 atom stereocenters. The number of imidazole rings is 1. The summed E-state index contributed by atoms with van der Waals surface area (Å²) in [7, 11) is -1.74. The molecule has 4 rings (SSSR count). The second kappa shape index (κ2) is 8.76. The maximum absolute atomic E-state index is 12.8. The highest BCUT2D eigenvalue weighted by Gasteiger charge is 2.33. The van der Waals surface area contributed by atoms with Crippen molar-refractivity contribution in [3.05, 3.63) is 46.7 Å². The van der Waals surface area contributed by atoms with Gasteiger partial charge < -0.3 is 9.30 Å². The second-order valence-corrected chi connectivity index (χ2v) is 10.5. The van der Waals surface area contributed by atoms with Gasteiger partial charge in [-0.25, -0.2) is 13.4 Å². The summed E-state index contributed by atoms with van der Waals surface area (Å²) in [5.41, 5.74) is 2.20. The van der Waals surface area contributed by atoms with Gasteiger partial charge in [0, 0.05) is 31.8 Å². The molecule has 2 aromatic rings. The van der Waals surface area contributed by atoms with E-state index in [1.54, 1.807) is 13.3 Å². The van der Waals surface area contributed by atoms with E-state index in [0.29, 0.717) is 31.5 Å². The number of rotatable bonds is 9. The van der Waals surface area contributed by atoms with Gasteiger partial charge in [-0.3, -0.25) is 4.90 Å². The van der Waals surface area contributed by atoms with E-state index in [9.17, 15) is 8.42 Å². The molecule has 1 aromatic carbocycles. The van der Waals surface area contributed by atoms with Crippen LogP contribution in [0.3, 0.4) is 0 Å². The lowest BCUT2D eigenvalue weighted by Gasteiger charge is -2.18. The Balaban J connectivity index is 1.49. The van der Waals surface area contributed by atoms with Crippen molar-refractivity contribution in [2.45, 2.75) is 43.4 Å². The number of methoxy groups -OCH3 is 1. The van der Waals surface area contributed by atoms with Crippen LogP contribution in [-0.2, 0) is 27.7 Å². The van der Waals surface area contributed by atoms with Gasteiger partial charge in [-0.05, 0) is 55.3 Å². The normalized spacial score (nSPS) is 20.4. The Morgan fingerprint density at radius 3 is 2.83 bits per heavy atom. The van der Waals surface area contributed by atoms with Gasteiger partial charge >= 0.3 is 0 Å². The van der Waals surface area contributed by atoms with Crippen molar-refractivity contribution < 1.29 is 13.2 Å². The highest BCUT2D eigenvalue weighted by molar-refractivity contribution is 7.91. The summed E-state index contributed by atoms with van der Waals surface area (Å²) in [6.45, 7) is 3.54. The minimum absolute atomic E-state index is 0.196. The first-order chi connectivity index (χ1) is 14.0. The molecule has 1 aromatic heterocycles. The molecule has 2 aliphatic rings. The van der Waals surface area contributed by atoms with Crippen LogP contribution in [0.1, 0.15) is 36.4 Å². The number of sulfone groups is 1. The van der Waals surface area contributed by atoms with Crippen LogP contribution in [0.5, 0.6) is 0 Å². The standard InChI is InChI=1S/C21H28ClN3O3S/c1-28-10-9-25-20(12-23-21(25)29(26,27)15-16-5-6-16)14-24-8-7-18(13-24)17-3-2-4-19(22)11-17/h2-4,11-12,16,18H,5-10,13-15H2,1H3. The minimum atomic E-state index is -3.37. The SMILES string of the molecule is COCCn1c(CN2CCC(c3cccc(Cl)c3)C2)cnc1S(=O)(=O)CC1CC1. The highest BCUT2D eigenvalue weighted by Crippen LogP contribution is 2.33. The number of ether oxygens (including phenoxy) is 1. The average Bonchev–Trinajstić information content (AvgIpc) is 3.20. The summed E-state index contributed by atoms with van der Waals surface area (Å²) < 4.78 is 32.7. The molecule has 0 radical (unpaired) electrons. The first kappa shape index (κ1) is 20.8. The fourth-order valence-electron chi connectivity index (χ4n) is 4.10. The Bertz CT molecular complexity index is 956. The van der Waals surface area contributed by atoms with E-state index in [4.69, 9.17) is 16.3 Å². The number of likely N-dealkylation sites (tertiary alicyclic amines) is 1. The molecule has 6 nitrogen and oxygen atoms in total. The number of halogens is 1. The maximum Gasteiger partial charge on any atom is 0.227 e. The third-order valence-corrected chi connectivity index (χ3v) is 7.86. The monoisotopic (exact) mass is 437 g/mol. The van der Waals surface area contributed by atoms with Gasteiger partial charge in [-0.1, -0.05) is 23.7 Å². The van der Waals surface area contributed by atoms with Gasteiger partial charge in [0.15, 0.2) is 0 Å². The predicted octanol–water partition coefficient (Wildman–Crippen LogP) is 3.36. The van der Waals surface area contributed by atoms with Crippen molar-refractivity contribution in [1.29, 1.82) is 0 Å². The zero-order valence-corrected chi connectivity index (χ0v) is 18.3. The second-order valence-electron chi connectivity index (χ2n) is 8.18. The van der Waals surface area contributed by atoms with Crippen LogP contribution in [0.2, 0.25) is 5.02 Å². The molecule has 1 aliphatic carbocycles. The number of hydrogen-bond acceptors (Lipinski definition) is 5. The first-order valence-electron chi connectivity index (χ1n) is 10.2. The van der Waals surface area contributed by atoms with E-state index in [-0.39, 0.29) is 10.9 Å². The molecule has 1 unspecified atom stereocenters. The summed E-state index contributed by atoms with van der Waals surface area (Å²) in [4.78, 5) is 6.69. The molecule has 0 amide bonds. The molecule has 0 N–H and O–H groups in total. The fourth-order valence-corrected chi connectivity index (χ4v) is 6.15. The molecule has 29 heavy (non-hydrogen) atoms. The van der Waals surface area contributed by atoms with Crippen LogP contribution in [-0.4, -0.2) is 55.4 Å². The Morgan fingerprint density at radius 1 is 1.28 bits per heavy atom.